The Morgan fingerprint density at radius 1 is 1.09 bits per heavy atom. The minimum absolute atomic E-state index is 0.0539. The van der Waals surface area contributed by atoms with Crippen molar-refractivity contribution in [1.82, 2.24) is 19.8 Å². The monoisotopic (exact) mass is 476 g/mol. The highest BCUT2D eigenvalue weighted by Gasteiger charge is 2.27. The van der Waals surface area contributed by atoms with Crippen LogP contribution >= 0.6 is 0 Å². The molecular formula is C25H26BFN4O4. The van der Waals surface area contributed by atoms with E-state index in [-0.39, 0.29) is 11.8 Å². The van der Waals surface area contributed by atoms with Crippen molar-refractivity contribution >= 4 is 29.8 Å². The summed E-state index contributed by atoms with van der Waals surface area (Å²) in [7, 11) is 0.105. The lowest BCUT2D eigenvalue weighted by atomic mass is 9.76. The van der Waals surface area contributed by atoms with E-state index in [0.29, 0.717) is 61.5 Å². The van der Waals surface area contributed by atoms with E-state index in [2.05, 4.69) is 9.97 Å². The molecule has 0 atom stereocenters. The van der Waals surface area contributed by atoms with Gasteiger partial charge in [0.15, 0.2) is 0 Å². The number of carbonyl (C=O) groups excluding carboxylic acids is 1. The van der Waals surface area contributed by atoms with Gasteiger partial charge >= 0.3 is 13.1 Å². The fourth-order valence-electron chi connectivity index (χ4n) is 4.71. The van der Waals surface area contributed by atoms with Crippen molar-refractivity contribution in [3.63, 3.8) is 0 Å². The average Bonchev–Trinajstić information content (AvgIpc) is 3.33. The van der Waals surface area contributed by atoms with E-state index in [1.165, 1.54) is 12.1 Å². The van der Waals surface area contributed by atoms with E-state index in [1.54, 1.807) is 35.2 Å². The molecule has 0 saturated heterocycles. The molecule has 0 saturated carbocycles. The zero-order chi connectivity index (χ0) is 24.5. The van der Waals surface area contributed by atoms with E-state index in [9.17, 15) is 19.2 Å². The molecule has 0 fully saturated rings. The summed E-state index contributed by atoms with van der Waals surface area (Å²) < 4.78 is 19.5. The number of methoxy groups -OCH3 is 1. The standard InChI is InChI=1S/C25H26BFN4O4/c1-35-23-3-2-18(27)14-20(23)19-4-9-28-24-21(19)15-22(29-24)16-5-10-30(11-6-16)25(32)31-12-7-17(8-13-31)26(33)34/h2-5,7,9,14-15,33-34H,6,8,10-13H2,1H3,(H,28,29). The maximum Gasteiger partial charge on any atom is 0.483 e. The van der Waals surface area contributed by atoms with Crippen LogP contribution in [0.4, 0.5) is 9.18 Å². The smallest absolute Gasteiger partial charge is 0.483 e. The van der Waals surface area contributed by atoms with Gasteiger partial charge < -0.3 is 29.6 Å². The van der Waals surface area contributed by atoms with Gasteiger partial charge in [-0.15, -0.1) is 0 Å². The number of fused-ring (bicyclic) bond motifs is 1. The zero-order valence-electron chi connectivity index (χ0n) is 19.4. The molecule has 5 rings (SSSR count). The highest BCUT2D eigenvalue weighted by molar-refractivity contribution is 6.50. The van der Waals surface area contributed by atoms with E-state index in [1.807, 2.05) is 18.2 Å². The van der Waals surface area contributed by atoms with E-state index in [0.717, 1.165) is 22.2 Å². The Labute approximate surface area is 202 Å². The van der Waals surface area contributed by atoms with Gasteiger partial charge in [0.1, 0.15) is 17.2 Å². The van der Waals surface area contributed by atoms with Crippen LogP contribution in [0.1, 0.15) is 18.5 Å². The number of benzene rings is 1. The summed E-state index contributed by atoms with van der Waals surface area (Å²) in [6, 6.07) is 8.26. The number of halogens is 1. The predicted octanol–water partition coefficient (Wildman–Crippen LogP) is 3.23. The first-order chi connectivity index (χ1) is 16.9. The fraction of sp³-hybridized carbons (Fsp3) is 0.280. The number of pyridine rings is 1. The lowest BCUT2D eigenvalue weighted by Gasteiger charge is -2.34. The van der Waals surface area contributed by atoms with Crippen LogP contribution in [0.25, 0.3) is 27.7 Å². The third-order valence-electron chi connectivity index (χ3n) is 6.66. The van der Waals surface area contributed by atoms with Gasteiger partial charge in [0.05, 0.1) is 7.11 Å². The number of amides is 2. The van der Waals surface area contributed by atoms with Crippen molar-refractivity contribution in [2.75, 3.05) is 33.3 Å². The summed E-state index contributed by atoms with van der Waals surface area (Å²) in [5.74, 6) is 0.245. The number of nitrogens with zero attached hydrogens (tertiary/aromatic N) is 3. The van der Waals surface area contributed by atoms with Gasteiger partial charge in [-0.3, -0.25) is 0 Å². The Morgan fingerprint density at radius 2 is 1.86 bits per heavy atom. The van der Waals surface area contributed by atoms with Crippen molar-refractivity contribution in [2.24, 2.45) is 0 Å². The van der Waals surface area contributed by atoms with Crippen LogP contribution in [0.2, 0.25) is 0 Å². The van der Waals surface area contributed by atoms with Crippen molar-refractivity contribution in [1.29, 1.82) is 0 Å². The molecule has 0 radical (unpaired) electrons. The Bertz CT molecular complexity index is 1340. The number of hydrogen-bond acceptors (Lipinski definition) is 5. The van der Waals surface area contributed by atoms with Crippen LogP contribution in [0.15, 0.2) is 54.2 Å². The third kappa shape index (κ3) is 4.54. The van der Waals surface area contributed by atoms with Crippen molar-refractivity contribution < 1.29 is 24.0 Å². The molecule has 180 valence electrons. The molecule has 3 N–H and O–H groups in total. The first kappa shape index (κ1) is 23.1. The Kier molecular flexibility index (Phi) is 6.32. The second-order valence-electron chi connectivity index (χ2n) is 8.71. The molecule has 3 aromatic rings. The maximum absolute atomic E-state index is 14.0. The van der Waals surface area contributed by atoms with E-state index in [4.69, 9.17) is 4.74 Å². The first-order valence-electron chi connectivity index (χ1n) is 11.5. The number of ether oxygens (including phenoxy) is 1. The Hall–Kier alpha value is -3.63. The minimum Gasteiger partial charge on any atom is -0.496 e. The third-order valence-corrected chi connectivity index (χ3v) is 6.66. The minimum atomic E-state index is -1.46. The lowest BCUT2D eigenvalue weighted by Crippen LogP contribution is -2.47. The van der Waals surface area contributed by atoms with Crippen LogP contribution in [-0.2, 0) is 0 Å². The van der Waals surface area contributed by atoms with E-state index < -0.39 is 7.12 Å². The second kappa shape index (κ2) is 9.55. The summed E-state index contributed by atoms with van der Waals surface area (Å²) >= 11 is 0. The molecule has 0 unspecified atom stereocenters. The predicted molar refractivity (Wildman–Crippen MR) is 132 cm³/mol. The van der Waals surface area contributed by atoms with Crippen molar-refractivity contribution in [2.45, 2.75) is 12.8 Å². The van der Waals surface area contributed by atoms with Crippen molar-refractivity contribution in [3.05, 3.63) is 65.7 Å². The number of carbonyl (C=O) groups is 1. The van der Waals surface area contributed by atoms with Crippen LogP contribution in [-0.4, -0.2) is 76.3 Å². The average molecular weight is 476 g/mol. The highest BCUT2D eigenvalue weighted by atomic mass is 19.1. The number of H-pyrrole nitrogens is 1. The summed E-state index contributed by atoms with van der Waals surface area (Å²) in [5, 5.41) is 19.5. The highest BCUT2D eigenvalue weighted by Crippen LogP contribution is 2.36. The summed E-state index contributed by atoms with van der Waals surface area (Å²) in [6.45, 7) is 1.90. The van der Waals surface area contributed by atoms with E-state index >= 15 is 0 Å². The molecule has 2 aromatic heterocycles. The zero-order valence-corrected chi connectivity index (χ0v) is 19.4. The molecule has 8 nitrogen and oxygen atoms in total. The van der Waals surface area contributed by atoms with Crippen LogP contribution in [0.3, 0.4) is 0 Å². The number of aromatic nitrogens is 2. The molecular weight excluding hydrogens is 450 g/mol. The number of hydrogen-bond donors (Lipinski definition) is 3. The molecule has 35 heavy (non-hydrogen) atoms. The van der Waals surface area contributed by atoms with Gasteiger partial charge in [0, 0.05) is 49.0 Å². The maximum atomic E-state index is 14.0. The SMILES string of the molecule is COc1ccc(F)cc1-c1ccnc2[nH]c(C3=CCN(C(=O)N4CC=C(B(O)O)CC4)CC3)cc12. The van der Waals surface area contributed by atoms with Gasteiger partial charge in [-0.05, 0) is 59.8 Å². The van der Waals surface area contributed by atoms with Gasteiger partial charge in [-0.25, -0.2) is 14.2 Å². The molecule has 0 aliphatic carbocycles. The molecule has 0 bridgehead atoms. The van der Waals surface area contributed by atoms with Gasteiger partial charge in [-0.1, -0.05) is 12.2 Å². The van der Waals surface area contributed by atoms with Crippen LogP contribution in [0, 0.1) is 5.82 Å². The molecule has 0 spiro atoms. The quantitative estimate of drug-likeness (QED) is 0.502. The topological polar surface area (TPSA) is 102 Å². The number of aromatic amines is 1. The largest absolute Gasteiger partial charge is 0.496 e. The second-order valence-corrected chi connectivity index (χ2v) is 8.71. The molecule has 2 aliphatic heterocycles. The Balaban J connectivity index is 1.36. The lowest BCUT2D eigenvalue weighted by molar-refractivity contribution is 0.161. The van der Waals surface area contributed by atoms with Gasteiger partial charge in [-0.2, -0.15) is 0 Å². The molecule has 1 aromatic carbocycles. The fourth-order valence-corrected chi connectivity index (χ4v) is 4.71. The number of nitrogens with one attached hydrogen (secondary N) is 1. The van der Waals surface area contributed by atoms with Crippen molar-refractivity contribution in [3.8, 4) is 16.9 Å². The van der Waals surface area contributed by atoms with Crippen LogP contribution in [0.5, 0.6) is 5.75 Å². The number of rotatable bonds is 4. The summed E-state index contributed by atoms with van der Waals surface area (Å²) in [5.41, 5.74) is 4.75. The molecule has 2 amide bonds. The van der Waals surface area contributed by atoms with Gasteiger partial charge in [0.25, 0.3) is 0 Å². The molecule has 2 aliphatic rings. The number of urea groups is 1. The summed E-state index contributed by atoms with van der Waals surface area (Å²) in [4.78, 5) is 24.2. The first-order valence-corrected chi connectivity index (χ1v) is 11.5. The Morgan fingerprint density at radius 3 is 2.51 bits per heavy atom. The molecule has 4 heterocycles. The molecule has 10 heteroatoms. The normalized spacial score (nSPS) is 16.2. The van der Waals surface area contributed by atoms with Crippen LogP contribution < -0.4 is 4.74 Å². The van der Waals surface area contributed by atoms with Gasteiger partial charge in [0.2, 0.25) is 0 Å². The summed E-state index contributed by atoms with van der Waals surface area (Å²) in [6.07, 6.45) is 6.57.